The third-order valence-electron chi connectivity index (χ3n) is 5.25. The fraction of sp³-hybridized carbons (Fsp3) is 0.318. The monoisotopic (exact) mass is 446 g/mol. The number of hydrogen-bond donors (Lipinski definition) is 0. The molecular formula is C22H21F3N4O3. The standard InChI is InChI=1S/C22H21F3N4O3/c1-15-19(3-2-4-20(15)22(23,24)25)21(30)28-9-10-31-18(11-28)12-32-17-7-5-16(6-8-17)29-14-26-13-27-29/h2-8,13-14,18H,9-12H2,1H3. The number of hydrogen-bond acceptors (Lipinski definition) is 5. The van der Waals surface area contributed by atoms with Gasteiger partial charge in [-0.25, -0.2) is 9.67 Å². The molecule has 32 heavy (non-hydrogen) atoms. The SMILES string of the molecule is Cc1c(C(=O)N2CCOC(COc3ccc(-n4cncn4)cc3)C2)cccc1C(F)(F)F. The van der Waals surface area contributed by atoms with E-state index in [4.69, 9.17) is 9.47 Å². The molecule has 0 saturated carbocycles. The second-order valence-corrected chi connectivity index (χ2v) is 7.36. The van der Waals surface area contributed by atoms with Crippen molar-refractivity contribution >= 4 is 5.91 Å². The number of morpholine rings is 1. The van der Waals surface area contributed by atoms with Crippen LogP contribution in [0.15, 0.2) is 55.1 Å². The molecule has 168 valence electrons. The van der Waals surface area contributed by atoms with Gasteiger partial charge in [0.15, 0.2) is 0 Å². The normalized spacial score (nSPS) is 16.8. The van der Waals surface area contributed by atoms with Crippen molar-refractivity contribution in [3.05, 3.63) is 71.8 Å². The number of rotatable bonds is 5. The molecule has 1 unspecified atom stereocenters. The Morgan fingerprint density at radius 3 is 2.69 bits per heavy atom. The van der Waals surface area contributed by atoms with Gasteiger partial charge in [0, 0.05) is 12.1 Å². The molecule has 2 heterocycles. The van der Waals surface area contributed by atoms with E-state index >= 15 is 0 Å². The predicted octanol–water partition coefficient (Wildman–Crippen LogP) is 3.51. The molecule has 1 fully saturated rings. The van der Waals surface area contributed by atoms with Gasteiger partial charge >= 0.3 is 6.18 Å². The Hall–Kier alpha value is -3.40. The minimum Gasteiger partial charge on any atom is -0.491 e. The van der Waals surface area contributed by atoms with Crippen LogP contribution in [-0.2, 0) is 10.9 Å². The van der Waals surface area contributed by atoms with E-state index in [0.717, 1.165) is 11.8 Å². The van der Waals surface area contributed by atoms with Crippen molar-refractivity contribution in [1.82, 2.24) is 19.7 Å². The van der Waals surface area contributed by atoms with Gasteiger partial charge in [0.25, 0.3) is 5.91 Å². The highest BCUT2D eigenvalue weighted by atomic mass is 19.4. The summed E-state index contributed by atoms with van der Waals surface area (Å²) in [6.07, 6.45) is -1.87. The first-order valence-electron chi connectivity index (χ1n) is 9.98. The van der Waals surface area contributed by atoms with Gasteiger partial charge < -0.3 is 14.4 Å². The van der Waals surface area contributed by atoms with Gasteiger partial charge in [0.05, 0.1) is 24.4 Å². The minimum absolute atomic E-state index is 0.0464. The van der Waals surface area contributed by atoms with Crippen LogP contribution < -0.4 is 4.74 Å². The average Bonchev–Trinajstić information content (AvgIpc) is 3.32. The Kier molecular flexibility index (Phi) is 6.13. The third kappa shape index (κ3) is 4.75. The van der Waals surface area contributed by atoms with Gasteiger partial charge in [0.1, 0.15) is 31.1 Å². The predicted molar refractivity (Wildman–Crippen MR) is 109 cm³/mol. The Morgan fingerprint density at radius 2 is 2.00 bits per heavy atom. The molecule has 1 atom stereocenters. The quantitative estimate of drug-likeness (QED) is 0.600. The molecule has 3 aromatic rings. The number of carbonyl (C=O) groups is 1. The van der Waals surface area contributed by atoms with Crippen LogP contribution in [-0.4, -0.2) is 58.0 Å². The lowest BCUT2D eigenvalue weighted by Crippen LogP contribution is -2.47. The summed E-state index contributed by atoms with van der Waals surface area (Å²) in [4.78, 5) is 18.3. The minimum atomic E-state index is -4.51. The Morgan fingerprint density at radius 1 is 1.22 bits per heavy atom. The van der Waals surface area contributed by atoms with Crippen molar-refractivity contribution < 1.29 is 27.4 Å². The molecule has 1 saturated heterocycles. The molecule has 0 N–H and O–H groups in total. The highest BCUT2D eigenvalue weighted by Gasteiger charge is 2.34. The largest absolute Gasteiger partial charge is 0.491 e. The molecule has 4 rings (SSSR count). The van der Waals surface area contributed by atoms with Crippen molar-refractivity contribution in [3.63, 3.8) is 0 Å². The molecule has 0 radical (unpaired) electrons. The van der Waals surface area contributed by atoms with Crippen molar-refractivity contribution in [1.29, 1.82) is 0 Å². The van der Waals surface area contributed by atoms with E-state index in [2.05, 4.69) is 10.1 Å². The summed E-state index contributed by atoms with van der Waals surface area (Å²) in [5.74, 6) is 0.175. The van der Waals surface area contributed by atoms with E-state index in [9.17, 15) is 18.0 Å². The number of halogens is 3. The van der Waals surface area contributed by atoms with Crippen molar-refractivity contribution in [2.45, 2.75) is 19.2 Å². The molecule has 1 aromatic heterocycles. The van der Waals surface area contributed by atoms with Gasteiger partial charge in [-0.1, -0.05) is 6.07 Å². The smallest absolute Gasteiger partial charge is 0.416 e. The molecule has 1 amide bonds. The first-order valence-corrected chi connectivity index (χ1v) is 9.98. The summed E-state index contributed by atoms with van der Waals surface area (Å²) in [6, 6.07) is 10.9. The van der Waals surface area contributed by atoms with Gasteiger partial charge in [0.2, 0.25) is 0 Å². The van der Waals surface area contributed by atoms with Crippen LogP contribution in [0, 0.1) is 6.92 Å². The van der Waals surface area contributed by atoms with Gasteiger partial charge in [-0.3, -0.25) is 4.79 Å². The molecule has 0 bridgehead atoms. The van der Waals surface area contributed by atoms with Crippen LogP contribution in [0.1, 0.15) is 21.5 Å². The zero-order chi connectivity index (χ0) is 22.7. The number of nitrogens with zero attached hydrogens (tertiary/aromatic N) is 4. The summed E-state index contributed by atoms with van der Waals surface area (Å²) in [5.41, 5.74) is 0.00434. The number of carbonyl (C=O) groups excluding carboxylic acids is 1. The van der Waals surface area contributed by atoms with E-state index < -0.39 is 23.8 Å². The fourth-order valence-electron chi connectivity index (χ4n) is 3.58. The van der Waals surface area contributed by atoms with E-state index in [-0.39, 0.29) is 30.9 Å². The number of benzene rings is 2. The molecule has 7 nitrogen and oxygen atoms in total. The first kappa shape index (κ1) is 21.8. The molecule has 1 aliphatic rings. The lowest BCUT2D eigenvalue weighted by Gasteiger charge is -2.33. The lowest BCUT2D eigenvalue weighted by molar-refractivity contribution is -0.138. The Bertz CT molecular complexity index is 1070. The van der Waals surface area contributed by atoms with Crippen LogP contribution in [0.25, 0.3) is 5.69 Å². The molecular weight excluding hydrogens is 425 g/mol. The molecule has 10 heteroatoms. The van der Waals surface area contributed by atoms with E-state index in [1.807, 2.05) is 12.1 Å². The van der Waals surface area contributed by atoms with Crippen molar-refractivity contribution in [2.24, 2.45) is 0 Å². The maximum atomic E-state index is 13.2. The van der Waals surface area contributed by atoms with Gasteiger partial charge in [-0.05, 0) is 48.9 Å². The maximum Gasteiger partial charge on any atom is 0.416 e. The van der Waals surface area contributed by atoms with E-state index in [1.165, 1.54) is 30.3 Å². The molecule has 2 aromatic carbocycles. The van der Waals surface area contributed by atoms with Gasteiger partial charge in [-0.2, -0.15) is 18.3 Å². The summed E-state index contributed by atoms with van der Waals surface area (Å²) < 4.78 is 52.7. The summed E-state index contributed by atoms with van der Waals surface area (Å²) in [6.45, 7) is 2.33. The topological polar surface area (TPSA) is 69.5 Å². The average molecular weight is 446 g/mol. The second-order valence-electron chi connectivity index (χ2n) is 7.36. The summed E-state index contributed by atoms with van der Waals surface area (Å²) in [7, 11) is 0. The van der Waals surface area contributed by atoms with Crippen molar-refractivity contribution in [3.8, 4) is 11.4 Å². The summed E-state index contributed by atoms with van der Waals surface area (Å²) >= 11 is 0. The second kappa shape index (κ2) is 8.99. The number of ether oxygens (including phenoxy) is 2. The van der Waals surface area contributed by atoms with E-state index in [0.29, 0.717) is 12.3 Å². The Labute approximate surface area is 182 Å². The fourth-order valence-corrected chi connectivity index (χ4v) is 3.58. The maximum absolute atomic E-state index is 13.2. The van der Waals surface area contributed by atoms with Crippen LogP contribution >= 0.6 is 0 Å². The zero-order valence-electron chi connectivity index (χ0n) is 17.2. The number of aromatic nitrogens is 3. The van der Waals surface area contributed by atoms with Crippen LogP contribution in [0.2, 0.25) is 0 Å². The Balaban J connectivity index is 1.38. The molecule has 1 aliphatic heterocycles. The third-order valence-corrected chi connectivity index (χ3v) is 5.25. The van der Waals surface area contributed by atoms with E-state index in [1.54, 1.807) is 23.1 Å². The molecule has 0 spiro atoms. The van der Waals surface area contributed by atoms with Crippen LogP contribution in [0.5, 0.6) is 5.75 Å². The van der Waals surface area contributed by atoms with Gasteiger partial charge in [-0.15, -0.1) is 0 Å². The lowest BCUT2D eigenvalue weighted by atomic mass is 10.0. The van der Waals surface area contributed by atoms with Crippen LogP contribution in [0.4, 0.5) is 13.2 Å². The number of amides is 1. The van der Waals surface area contributed by atoms with Crippen LogP contribution in [0.3, 0.4) is 0 Å². The number of alkyl halides is 3. The first-order chi connectivity index (χ1) is 15.3. The molecule has 0 aliphatic carbocycles. The highest BCUT2D eigenvalue weighted by molar-refractivity contribution is 5.96. The van der Waals surface area contributed by atoms with Crippen molar-refractivity contribution in [2.75, 3.05) is 26.3 Å². The highest BCUT2D eigenvalue weighted by Crippen LogP contribution is 2.33. The summed E-state index contributed by atoms with van der Waals surface area (Å²) in [5, 5.41) is 4.06. The zero-order valence-corrected chi connectivity index (χ0v) is 17.2.